The van der Waals surface area contributed by atoms with E-state index in [1.54, 1.807) is 18.2 Å². The fourth-order valence-corrected chi connectivity index (χ4v) is 2.11. The third-order valence-electron chi connectivity index (χ3n) is 3.67. The van der Waals surface area contributed by atoms with Gasteiger partial charge in [-0.15, -0.1) is 0 Å². The molecule has 0 heterocycles. The largest absolute Gasteiger partial charge is 0.497 e. The van der Waals surface area contributed by atoms with Gasteiger partial charge in [0, 0.05) is 19.7 Å². The predicted octanol–water partition coefficient (Wildman–Crippen LogP) is 0.890. The van der Waals surface area contributed by atoms with Crippen LogP contribution in [-0.2, 0) is 9.53 Å². The molecule has 1 saturated carbocycles. The molecule has 0 radical (unpaired) electrons. The van der Waals surface area contributed by atoms with Crippen LogP contribution in [0.3, 0.4) is 0 Å². The van der Waals surface area contributed by atoms with E-state index in [0.717, 1.165) is 12.8 Å². The molecule has 7 nitrogen and oxygen atoms in total. The molecule has 1 aromatic carbocycles. The van der Waals surface area contributed by atoms with Gasteiger partial charge >= 0.3 is 0 Å². The highest BCUT2D eigenvalue weighted by Crippen LogP contribution is 2.25. The highest BCUT2D eigenvalue weighted by atomic mass is 16.5. The van der Waals surface area contributed by atoms with Crippen molar-refractivity contribution in [1.82, 2.24) is 5.32 Å². The molecule has 1 aliphatic rings. The van der Waals surface area contributed by atoms with Crippen molar-refractivity contribution in [2.75, 3.05) is 26.1 Å². The number of carbonyl (C=O) groups excluding carboxylic acids is 2. The summed E-state index contributed by atoms with van der Waals surface area (Å²) in [6.45, 7) is 0.252. The molecule has 2 rings (SSSR count). The fraction of sp³-hybridized carbons (Fsp3) is 0.500. The maximum absolute atomic E-state index is 12.3. The Morgan fingerprint density at radius 3 is 2.65 bits per heavy atom. The van der Waals surface area contributed by atoms with Gasteiger partial charge in [0.1, 0.15) is 5.75 Å². The monoisotopic (exact) mass is 321 g/mol. The Kier molecular flexibility index (Phi) is 5.95. The summed E-state index contributed by atoms with van der Waals surface area (Å²) in [6, 6.07) is 5.19. The van der Waals surface area contributed by atoms with Crippen molar-refractivity contribution in [3.8, 4) is 5.75 Å². The van der Waals surface area contributed by atoms with Crippen LogP contribution >= 0.6 is 0 Å². The molecule has 4 N–H and O–H groups in total. The Hall–Kier alpha value is -2.12. The standard InChI is InChI=1S/C16H23N3O4/c1-22-11-5-6-14(19-15(20)8-12(9-17)23-2)13(7-11)16(21)18-10-3-4-10/h5-7,10,12H,3-4,8-9,17H2,1-2H3,(H,18,21)(H,19,20). The van der Waals surface area contributed by atoms with Crippen LogP contribution in [0, 0.1) is 0 Å². The first-order valence-electron chi connectivity index (χ1n) is 7.59. The van der Waals surface area contributed by atoms with E-state index in [2.05, 4.69) is 10.6 Å². The number of rotatable bonds is 8. The Morgan fingerprint density at radius 1 is 1.35 bits per heavy atom. The number of anilines is 1. The molecular weight excluding hydrogens is 298 g/mol. The molecule has 0 bridgehead atoms. The summed E-state index contributed by atoms with van der Waals surface area (Å²) in [7, 11) is 3.04. The van der Waals surface area contributed by atoms with Gasteiger partial charge in [0.2, 0.25) is 5.91 Å². The number of hydrogen-bond donors (Lipinski definition) is 3. The summed E-state index contributed by atoms with van der Waals surface area (Å²) in [5.41, 5.74) is 6.34. The molecule has 2 amide bonds. The molecule has 0 aromatic heterocycles. The van der Waals surface area contributed by atoms with E-state index in [0.29, 0.717) is 17.0 Å². The number of benzene rings is 1. The lowest BCUT2D eigenvalue weighted by Crippen LogP contribution is -2.30. The van der Waals surface area contributed by atoms with Gasteiger partial charge in [-0.2, -0.15) is 0 Å². The van der Waals surface area contributed by atoms with Gasteiger partial charge in [0.15, 0.2) is 0 Å². The average Bonchev–Trinajstić information content (AvgIpc) is 3.36. The van der Waals surface area contributed by atoms with Crippen molar-refractivity contribution in [3.05, 3.63) is 23.8 Å². The minimum absolute atomic E-state index is 0.128. The maximum Gasteiger partial charge on any atom is 0.253 e. The molecule has 1 unspecified atom stereocenters. The lowest BCUT2D eigenvalue weighted by Gasteiger charge is -2.15. The Balaban J connectivity index is 2.12. The van der Waals surface area contributed by atoms with E-state index in [4.69, 9.17) is 15.2 Å². The van der Waals surface area contributed by atoms with Crippen LogP contribution in [0.15, 0.2) is 18.2 Å². The zero-order valence-electron chi connectivity index (χ0n) is 13.4. The first-order valence-corrected chi connectivity index (χ1v) is 7.59. The van der Waals surface area contributed by atoms with E-state index in [-0.39, 0.29) is 36.9 Å². The van der Waals surface area contributed by atoms with Crippen LogP contribution < -0.4 is 21.1 Å². The molecule has 1 aromatic rings. The molecule has 1 atom stereocenters. The van der Waals surface area contributed by atoms with E-state index in [1.807, 2.05) is 0 Å². The van der Waals surface area contributed by atoms with Gasteiger partial charge in [-0.25, -0.2) is 0 Å². The van der Waals surface area contributed by atoms with Gasteiger partial charge in [-0.1, -0.05) is 0 Å². The van der Waals surface area contributed by atoms with Gasteiger partial charge < -0.3 is 25.8 Å². The lowest BCUT2D eigenvalue weighted by atomic mass is 10.1. The SMILES string of the molecule is COc1ccc(NC(=O)CC(CN)OC)c(C(=O)NC2CC2)c1. The van der Waals surface area contributed by atoms with Crippen molar-refractivity contribution in [2.45, 2.75) is 31.4 Å². The zero-order valence-corrected chi connectivity index (χ0v) is 13.4. The molecule has 126 valence electrons. The van der Waals surface area contributed by atoms with Crippen LogP contribution in [0.25, 0.3) is 0 Å². The minimum Gasteiger partial charge on any atom is -0.497 e. The van der Waals surface area contributed by atoms with Crippen molar-refractivity contribution in [2.24, 2.45) is 5.73 Å². The molecule has 1 fully saturated rings. The second-order valence-corrected chi connectivity index (χ2v) is 5.50. The third-order valence-corrected chi connectivity index (χ3v) is 3.67. The quantitative estimate of drug-likeness (QED) is 0.660. The highest BCUT2D eigenvalue weighted by molar-refractivity contribution is 6.04. The number of ether oxygens (including phenoxy) is 2. The summed E-state index contributed by atoms with van der Waals surface area (Å²) >= 11 is 0. The van der Waals surface area contributed by atoms with E-state index < -0.39 is 0 Å². The molecular formula is C16H23N3O4. The summed E-state index contributed by atoms with van der Waals surface area (Å²) in [4.78, 5) is 24.4. The van der Waals surface area contributed by atoms with Gasteiger partial charge in [0.05, 0.1) is 30.9 Å². The van der Waals surface area contributed by atoms with E-state index >= 15 is 0 Å². The number of methoxy groups -OCH3 is 2. The molecule has 7 heteroatoms. The van der Waals surface area contributed by atoms with Crippen LogP contribution in [0.5, 0.6) is 5.75 Å². The fourth-order valence-electron chi connectivity index (χ4n) is 2.11. The molecule has 0 saturated heterocycles. The molecule has 23 heavy (non-hydrogen) atoms. The number of amides is 2. The Labute approximate surface area is 135 Å². The van der Waals surface area contributed by atoms with Gasteiger partial charge in [-0.3, -0.25) is 9.59 Å². The van der Waals surface area contributed by atoms with Crippen LogP contribution in [0.2, 0.25) is 0 Å². The molecule has 0 spiro atoms. The number of nitrogens with two attached hydrogens (primary N) is 1. The smallest absolute Gasteiger partial charge is 0.253 e. The normalized spacial score (nSPS) is 14.9. The highest BCUT2D eigenvalue weighted by Gasteiger charge is 2.25. The number of hydrogen-bond acceptors (Lipinski definition) is 5. The summed E-state index contributed by atoms with van der Waals surface area (Å²) in [5.74, 6) is 0.0810. The second kappa shape index (κ2) is 7.94. The Morgan fingerprint density at radius 2 is 2.09 bits per heavy atom. The molecule has 0 aliphatic heterocycles. The van der Waals surface area contributed by atoms with Gasteiger partial charge in [-0.05, 0) is 31.0 Å². The number of carbonyl (C=O) groups is 2. The topological polar surface area (TPSA) is 103 Å². The third kappa shape index (κ3) is 4.94. The van der Waals surface area contributed by atoms with Crippen LogP contribution in [0.4, 0.5) is 5.69 Å². The Bertz CT molecular complexity index is 568. The number of nitrogens with one attached hydrogen (secondary N) is 2. The first kappa shape index (κ1) is 17.2. The van der Waals surface area contributed by atoms with Crippen molar-refractivity contribution >= 4 is 17.5 Å². The predicted molar refractivity (Wildman–Crippen MR) is 86.6 cm³/mol. The average molecular weight is 321 g/mol. The second-order valence-electron chi connectivity index (χ2n) is 5.50. The summed E-state index contributed by atoms with van der Waals surface area (Å²) in [6.07, 6.45) is 1.76. The summed E-state index contributed by atoms with van der Waals surface area (Å²) < 4.78 is 10.3. The summed E-state index contributed by atoms with van der Waals surface area (Å²) in [5, 5.41) is 5.65. The van der Waals surface area contributed by atoms with Crippen LogP contribution in [-0.4, -0.2) is 44.7 Å². The molecule has 1 aliphatic carbocycles. The lowest BCUT2D eigenvalue weighted by molar-refractivity contribution is -0.118. The van der Waals surface area contributed by atoms with Gasteiger partial charge in [0.25, 0.3) is 5.91 Å². The van der Waals surface area contributed by atoms with Crippen molar-refractivity contribution in [3.63, 3.8) is 0 Å². The van der Waals surface area contributed by atoms with Crippen molar-refractivity contribution in [1.29, 1.82) is 0 Å². The minimum atomic E-state index is -0.350. The van der Waals surface area contributed by atoms with Crippen LogP contribution in [0.1, 0.15) is 29.6 Å². The zero-order chi connectivity index (χ0) is 16.8. The first-order chi connectivity index (χ1) is 11.1. The maximum atomic E-state index is 12.3. The van der Waals surface area contributed by atoms with E-state index in [1.165, 1.54) is 14.2 Å². The van der Waals surface area contributed by atoms with E-state index in [9.17, 15) is 9.59 Å². The van der Waals surface area contributed by atoms with Crippen molar-refractivity contribution < 1.29 is 19.1 Å².